The maximum atomic E-state index is 12.2. The topological polar surface area (TPSA) is 84.2 Å². The summed E-state index contributed by atoms with van der Waals surface area (Å²) in [5, 5.41) is 8.53. The Kier molecular flexibility index (Phi) is 3.06. The number of amides is 2. The molecule has 5 nitrogen and oxygen atoms in total. The van der Waals surface area contributed by atoms with Crippen molar-refractivity contribution in [3.8, 4) is 0 Å². The van der Waals surface area contributed by atoms with Gasteiger partial charge in [0.2, 0.25) is 5.91 Å². The summed E-state index contributed by atoms with van der Waals surface area (Å²) < 4.78 is 0. The molecule has 1 aliphatic heterocycles. The fourth-order valence-electron chi connectivity index (χ4n) is 2.99. The van der Waals surface area contributed by atoms with Crippen LogP contribution in [-0.4, -0.2) is 24.9 Å². The Balaban J connectivity index is 1.66. The van der Waals surface area contributed by atoms with Crippen molar-refractivity contribution >= 4 is 28.2 Å². The number of anilines is 1. The monoisotopic (exact) mass is 279 g/mol. The third-order valence-electron chi connectivity index (χ3n) is 4.27. The van der Waals surface area contributed by atoms with E-state index in [1.165, 1.54) is 11.3 Å². The van der Waals surface area contributed by atoms with Crippen LogP contribution in [0, 0.1) is 11.3 Å². The van der Waals surface area contributed by atoms with E-state index in [2.05, 4.69) is 10.6 Å². The average molecular weight is 279 g/mol. The van der Waals surface area contributed by atoms with E-state index in [4.69, 9.17) is 5.73 Å². The van der Waals surface area contributed by atoms with Gasteiger partial charge < -0.3 is 16.4 Å². The first kappa shape index (κ1) is 12.6. The lowest BCUT2D eigenvalue weighted by molar-refractivity contribution is -0.118. The van der Waals surface area contributed by atoms with Crippen molar-refractivity contribution in [2.24, 2.45) is 17.1 Å². The predicted octanol–water partition coefficient (Wildman–Crippen LogP) is 1.18. The summed E-state index contributed by atoms with van der Waals surface area (Å²) in [5.74, 6) is -0.367. The molecule has 2 fully saturated rings. The number of carbonyl (C=O) groups is 2. The van der Waals surface area contributed by atoms with Crippen LogP contribution in [0.3, 0.4) is 0 Å². The number of piperidine rings is 1. The zero-order chi connectivity index (χ0) is 13.5. The molecule has 1 aromatic heterocycles. The van der Waals surface area contributed by atoms with Crippen LogP contribution in [0.25, 0.3) is 0 Å². The first-order valence-electron chi connectivity index (χ1n) is 6.51. The average Bonchev–Trinajstić information content (AvgIpc) is 2.86. The molecule has 1 unspecified atom stereocenters. The van der Waals surface area contributed by atoms with Gasteiger partial charge in [0.05, 0.1) is 5.56 Å². The van der Waals surface area contributed by atoms with E-state index < -0.39 is 5.91 Å². The summed E-state index contributed by atoms with van der Waals surface area (Å²) >= 11 is 1.34. The first-order valence-corrected chi connectivity index (χ1v) is 7.39. The second-order valence-corrected chi connectivity index (χ2v) is 6.30. The zero-order valence-corrected chi connectivity index (χ0v) is 11.4. The Morgan fingerprint density at radius 3 is 2.84 bits per heavy atom. The van der Waals surface area contributed by atoms with E-state index in [0.717, 1.165) is 32.4 Å². The standard InChI is InChI=1S/C13H17N3O2S/c14-10(17)8-1-6-19-12(8)16-11(18)9-7-13(9)2-4-15-5-3-13/h1,6,9,15H,2-5,7H2,(H2,14,17)(H,16,18). The van der Waals surface area contributed by atoms with Crippen molar-refractivity contribution in [2.45, 2.75) is 19.3 Å². The summed E-state index contributed by atoms with van der Waals surface area (Å²) in [6.07, 6.45) is 3.11. The number of primary amides is 1. The number of hydrogen-bond donors (Lipinski definition) is 3. The van der Waals surface area contributed by atoms with Crippen LogP contribution in [0.5, 0.6) is 0 Å². The molecule has 1 saturated carbocycles. The molecule has 19 heavy (non-hydrogen) atoms. The minimum atomic E-state index is -0.496. The molecular formula is C13H17N3O2S. The van der Waals surface area contributed by atoms with Crippen molar-refractivity contribution in [2.75, 3.05) is 18.4 Å². The minimum Gasteiger partial charge on any atom is -0.366 e. The molecular weight excluding hydrogens is 262 g/mol. The van der Waals surface area contributed by atoms with Crippen molar-refractivity contribution < 1.29 is 9.59 Å². The summed E-state index contributed by atoms with van der Waals surface area (Å²) in [6.45, 7) is 1.99. The normalized spacial score (nSPS) is 24.1. The van der Waals surface area contributed by atoms with Crippen molar-refractivity contribution in [3.05, 3.63) is 17.0 Å². The summed E-state index contributed by atoms with van der Waals surface area (Å²) in [6, 6.07) is 1.65. The lowest BCUT2D eigenvalue weighted by atomic mass is 9.92. The van der Waals surface area contributed by atoms with Gasteiger partial charge >= 0.3 is 0 Å². The SMILES string of the molecule is NC(=O)c1ccsc1NC(=O)C1CC12CCNCC2. The molecule has 1 atom stereocenters. The van der Waals surface area contributed by atoms with Gasteiger partial charge in [-0.3, -0.25) is 9.59 Å². The number of hydrogen-bond acceptors (Lipinski definition) is 4. The molecule has 0 bridgehead atoms. The van der Waals surface area contributed by atoms with Crippen LogP contribution in [0.1, 0.15) is 29.6 Å². The van der Waals surface area contributed by atoms with Gasteiger partial charge in [-0.2, -0.15) is 0 Å². The molecule has 102 valence electrons. The van der Waals surface area contributed by atoms with Gasteiger partial charge in [0.1, 0.15) is 5.00 Å². The van der Waals surface area contributed by atoms with Gasteiger partial charge in [0.15, 0.2) is 0 Å². The van der Waals surface area contributed by atoms with Gasteiger partial charge in [0.25, 0.3) is 5.91 Å². The van der Waals surface area contributed by atoms with Gasteiger partial charge in [0, 0.05) is 5.92 Å². The van der Waals surface area contributed by atoms with Gasteiger partial charge in [-0.25, -0.2) is 0 Å². The van der Waals surface area contributed by atoms with Crippen molar-refractivity contribution in [1.29, 1.82) is 0 Å². The fourth-order valence-corrected chi connectivity index (χ4v) is 3.79. The molecule has 1 aliphatic carbocycles. The van der Waals surface area contributed by atoms with Gasteiger partial charge in [-0.15, -0.1) is 11.3 Å². The second-order valence-electron chi connectivity index (χ2n) is 5.39. The number of nitrogens with two attached hydrogens (primary N) is 1. The molecule has 0 radical (unpaired) electrons. The molecule has 0 aromatic carbocycles. The van der Waals surface area contributed by atoms with Crippen molar-refractivity contribution in [3.63, 3.8) is 0 Å². The van der Waals surface area contributed by atoms with E-state index in [1.807, 2.05) is 0 Å². The second kappa shape index (κ2) is 4.61. The van der Waals surface area contributed by atoms with Crippen LogP contribution in [0.4, 0.5) is 5.00 Å². The summed E-state index contributed by atoms with van der Waals surface area (Å²) in [4.78, 5) is 23.5. The Hall–Kier alpha value is -1.40. The van der Waals surface area contributed by atoms with Crippen molar-refractivity contribution in [1.82, 2.24) is 5.32 Å². The minimum absolute atomic E-state index is 0.0341. The largest absolute Gasteiger partial charge is 0.366 e. The van der Waals surface area contributed by atoms with E-state index in [0.29, 0.717) is 10.6 Å². The number of carbonyl (C=O) groups excluding carboxylic acids is 2. The number of nitrogens with one attached hydrogen (secondary N) is 2. The Morgan fingerprint density at radius 2 is 2.16 bits per heavy atom. The maximum absolute atomic E-state index is 12.2. The Labute approximate surface area is 115 Å². The number of rotatable bonds is 3. The molecule has 3 rings (SSSR count). The van der Waals surface area contributed by atoms with Gasteiger partial charge in [-0.1, -0.05) is 0 Å². The molecule has 2 heterocycles. The highest BCUT2D eigenvalue weighted by Crippen LogP contribution is 2.58. The van der Waals surface area contributed by atoms with E-state index >= 15 is 0 Å². The third-order valence-corrected chi connectivity index (χ3v) is 5.10. The molecule has 4 N–H and O–H groups in total. The van der Waals surface area contributed by atoms with Crippen LogP contribution in [0.2, 0.25) is 0 Å². The highest BCUT2D eigenvalue weighted by atomic mass is 32.1. The molecule has 2 aliphatic rings. The van der Waals surface area contributed by atoms with Gasteiger partial charge in [-0.05, 0) is 49.2 Å². The number of thiophene rings is 1. The third kappa shape index (κ3) is 2.26. The highest BCUT2D eigenvalue weighted by Gasteiger charge is 2.57. The summed E-state index contributed by atoms with van der Waals surface area (Å²) in [7, 11) is 0. The Bertz CT molecular complexity index is 520. The van der Waals surface area contributed by atoms with Crippen LogP contribution in [-0.2, 0) is 4.79 Å². The quantitative estimate of drug-likeness (QED) is 0.776. The van der Waals surface area contributed by atoms with Crippen LogP contribution < -0.4 is 16.4 Å². The molecule has 1 saturated heterocycles. The lowest BCUT2D eigenvalue weighted by Gasteiger charge is -2.23. The zero-order valence-electron chi connectivity index (χ0n) is 10.6. The Morgan fingerprint density at radius 1 is 1.42 bits per heavy atom. The molecule has 6 heteroatoms. The molecule has 1 aromatic rings. The predicted molar refractivity (Wildman–Crippen MR) is 74.1 cm³/mol. The lowest BCUT2D eigenvalue weighted by Crippen LogP contribution is -2.31. The van der Waals surface area contributed by atoms with Crippen LogP contribution in [0.15, 0.2) is 11.4 Å². The van der Waals surface area contributed by atoms with E-state index in [1.54, 1.807) is 11.4 Å². The van der Waals surface area contributed by atoms with E-state index in [9.17, 15) is 9.59 Å². The molecule has 1 spiro atoms. The first-order chi connectivity index (χ1) is 9.12. The highest BCUT2D eigenvalue weighted by molar-refractivity contribution is 7.14. The van der Waals surface area contributed by atoms with Crippen LogP contribution >= 0.6 is 11.3 Å². The fraction of sp³-hybridized carbons (Fsp3) is 0.538. The summed E-state index contributed by atoms with van der Waals surface area (Å²) in [5.41, 5.74) is 5.88. The van der Waals surface area contributed by atoms with E-state index in [-0.39, 0.29) is 17.2 Å². The molecule has 2 amide bonds. The smallest absolute Gasteiger partial charge is 0.251 e. The maximum Gasteiger partial charge on any atom is 0.251 e.